The molecule has 3 aromatic rings. The second-order valence-electron chi connectivity index (χ2n) is 6.77. The van der Waals surface area contributed by atoms with E-state index in [0.29, 0.717) is 5.71 Å². The van der Waals surface area contributed by atoms with Crippen LogP contribution in [-0.2, 0) is 6.54 Å². The van der Waals surface area contributed by atoms with E-state index >= 15 is 0 Å². The van der Waals surface area contributed by atoms with Gasteiger partial charge in [0.25, 0.3) is 0 Å². The SMILES string of the molecule is C[N+](C)(C)Cc1cccn1-c1sccc1/C(=N\O)c1ccccc1. The third kappa shape index (κ3) is 3.42. The Labute approximate surface area is 146 Å². The van der Waals surface area contributed by atoms with Crippen LogP contribution in [0.1, 0.15) is 16.8 Å². The van der Waals surface area contributed by atoms with Crippen molar-refractivity contribution in [2.45, 2.75) is 6.54 Å². The van der Waals surface area contributed by atoms with E-state index in [-0.39, 0.29) is 0 Å². The van der Waals surface area contributed by atoms with Crippen LogP contribution in [0.3, 0.4) is 0 Å². The molecule has 5 heteroatoms. The summed E-state index contributed by atoms with van der Waals surface area (Å²) in [6.07, 6.45) is 2.07. The van der Waals surface area contributed by atoms with Crippen molar-refractivity contribution in [2.24, 2.45) is 5.16 Å². The van der Waals surface area contributed by atoms with Gasteiger partial charge in [-0.15, -0.1) is 11.3 Å². The summed E-state index contributed by atoms with van der Waals surface area (Å²) in [5, 5.41) is 16.3. The van der Waals surface area contributed by atoms with Gasteiger partial charge in [-0.05, 0) is 23.6 Å². The van der Waals surface area contributed by atoms with Gasteiger partial charge < -0.3 is 14.3 Å². The molecular weight excluding hydrogens is 318 g/mol. The summed E-state index contributed by atoms with van der Waals surface area (Å²) in [5.41, 5.74) is 3.67. The largest absolute Gasteiger partial charge is 0.410 e. The molecule has 0 aliphatic rings. The van der Waals surface area contributed by atoms with Gasteiger partial charge in [0.15, 0.2) is 0 Å². The topological polar surface area (TPSA) is 37.5 Å². The lowest BCUT2D eigenvalue weighted by molar-refractivity contribution is -0.884. The molecule has 2 heterocycles. The van der Waals surface area contributed by atoms with Gasteiger partial charge in [0.05, 0.1) is 26.8 Å². The van der Waals surface area contributed by atoms with Gasteiger partial charge in [0.1, 0.15) is 17.3 Å². The fraction of sp³-hybridized carbons (Fsp3) is 0.211. The molecule has 0 saturated heterocycles. The van der Waals surface area contributed by atoms with Gasteiger partial charge in [0, 0.05) is 17.3 Å². The zero-order chi connectivity index (χ0) is 17.2. The Balaban J connectivity index is 2.05. The molecule has 124 valence electrons. The first-order valence-electron chi connectivity index (χ1n) is 7.82. The molecule has 0 atom stereocenters. The Morgan fingerprint density at radius 2 is 1.83 bits per heavy atom. The minimum Gasteiger partial charge on any atom is -0.410 e. The lowest BCUT2D eigenvalue weighted by atomic mass is 10.0. The average molecular weight is 340 g/mol. The summed E-state index contributed by atoms with van der Waals surface area (Å²) in [6, 6.07) is 16.0. The maximum absolute atomic E-state index is 9.61. The van der Waals surface area contributed by atoms with Crippen LogP contribution in [0, 0.1) is 0 Å². The molecule has 0 aliphatic heterocycles. The lowest BCUT2D eigenvalue weighted by Crippen LogP contribution is -2.34. The van der Waals surface area contributed by atoms with Crippen molar-refractivity contribution in [1.82, 2.24) is 4.57 Å². The number of oxime groups is 1. The van der Waals surface area contributed by atoms with Crippen molar-refractivity contribution in [3.8, 4) is 5.00 Å². The minimum atomic E-state index is 0.594. The van der Waals surface area contributed by atoms with E-state index in [1.54, 1.807) is 11.3 Å². The molecule has 0 aliphatic carbocycles. The maximum Gasteiger partial charge on any atom is 0.120 e. The predicted molar refractivity (Wildman–Crippen MR) is 99.2 cm³/mol. The molecule has 0 bridgehead atoms. The first-order valence-corrected chi connectivity index (χ1v) is 8.70. The van der Waals surface area contributed by atoms with E-state index in [9.17, 15) is 5.21 Å². The fourth-order valence-corrected chi connectivity index (χ4v) is 3.68. The first-order chi connectivity index (χ1) is 11.5. The van der Waals surface area contributed by atoms with E-state index in [4.69, 9.17) is 0 Å². The van der Waals surface area contributed by atoms with Crippen LogP contribution in [0.5, 0.6) is 0 Å². The monoisotopic (exact) mass is 340 g/mol. The predicted octanol–water partition coefficient (Wildman–Crippen LogP) is 3.97. The Bertz CT molecular complexity index is 841. The highest BCUT2D eigenvalue weighted by Crippen LogP contribution is 2.27. The van der Waals surface area contributed by atoms with Gasteiger partial charge >= 0.3 is 0 Å². The zero-order valence-electron chi connectivity index (χ0n) is 14.2. The Kier molecular flexibility index (Phi) is 4.55. The number of nitrogens with zero attached hydrogens (tertiary/aromatic N) is 3. The fourth-order valence-electron chi connectivity index (χ4n) is 2.76. The summed E-state index contributed by atoms with van der Waals surface area (Å²) >= 11 is 1.65. The highest BCUT2D eigenvalue weighted by molar-refractivity contribution is 7.13. The average Bonchev–Trinajstić information content (AvgIpc) is 3.17. The Morgan fingerprint density at radius 1 is 1.08 bits per heavy atom. The summed E-state index contributed by atoms with van der Waals surface area (Å²) in [6.45, 7) is 0.918. The number of benzene rings is 1. The van der Waals surface area contributed by atoms with Crippen LogP contribution in [0.15, 0.2) is 65.3 Å². The number of hydrogen-bond donors (Lipinski definition) is 1. The van der Waals surface area contributed by atoms with Gasteiger partial charge in [-0.25, -0.2) is 0 Å². The highest BCUT2D eigenvalue weighted by Gasteiger charge is 2.19. The quantitative estimate of drug-likeness (QED) is 0.324. The molecule has 2 aromatic heterocycles. The Morgan fingerprint density at radius 3 is 2.50 bits per heavy atom. The number of thiophene rings is 1. The number of quaternary nitrogens is 1. The van der Waals surface area contributed by atoms with Crippen molar-refractivity contribution in [2.75, 3.05) is 21.1 Å². The zero-order valence-corrected chi connectivity index (χ0v) is 15.0. The van der Waals surface area contributed by atoms with E-state index in [1.165, 1.54) is 5.69 Å². The second kappa shape index (κ2) is 6.63. The molecule has 3 rings (SSSR count). The summed E-state index contributed by atoms with van der Waals surface area (Å²) in [7, 11) is 6.53. The minimum absolute atomic E-state index is 0.594. The van der Waals surface area contributed by atoms with Gasteiger partial charge in [0.2, 0.25) is 0 Å². The second-order valence-corrected chi connectivity index (χ2v) is 7.67. The highest BCUT2D eigenvalue weighted by atomic mass is 32.1. The molecule has 1 aromatic carbocycles. The molecule has 0 saturated carbocycles. The van der Waals surface area contributed by atoms with Gasteiger partial charge in [-0.2, -0.15) is 0 Å². The molecule has 1 N–H and O–H groups in total. The molecule has 0 amide bonds. The van der Waals surface area contributed by atoms with Crippen LogP contribution in [-0.4, -0.2) is 41.1 Å². The third-order valence-corrected chi connectivity index (χ3v) is 4.65. The van der Waals surface area contributed by atoms with E-state index in [2.05, 4.69) is 49.2 Å². The first kappa shape index (κ1) is 16.5. The molecule has 0 spiro atoms. The molecular formula is C19H22N3OS+. The summed E-state index contributed by atoms with van der Waals surface area (Å²) < 4.78 is 3.04. The van der Waals surface area contributed by atoms with Crippen molar-refractivity contribution in [1.29, 1.82) is 0 Å². The maximum atomic E-state index is 9.61. The van der Waals surface area contributed by atoms with Crippen molar-refractivity contribution in [3.63, 3.8) is 0 Å². The van der Waals surface area contributed by atoms with E-state index in [1.807, 2.05) is 41.8 Å². The van der Waals surface area contributed by atoms with Crippen molar-refractivity contribution < 1.29 is 9.69 Å². The standard InChI is InChI=1S/C19H21N3OS/c1-22(2,3)14-16-10-7-12-21(16)19-17(11-13-24-19)18(20-23)15-8-5-4-6-9-15/h4-13H,14H2,1-3H3/p+1/b20-18-. The molecule has 0 radical (unpaired) electrons. The smallest absolute Gasteiger partial charge is 0.120 e. The third-order valence-electron chi connectivity index (χ3n) is 3.74. The van der Waals surface area contributed by atoms with E-state index < -0.39 is 0 Å². The van der Waals surface area contributed by atoms with Crippen LogP contribution < -0.4 is 0 Å². The summed E-state index contributed by atoms with van der Waals surface area (Å²) in [4.78, 5) is 0. The normalized spacial score (nSPS) is 12.5. The van der Waals surface area contributed by atoms with Crippen molar-refractivity contribution in [3.05, 3.63) is 76.9 Å². The van der Waals surface area contributed by atoms with Crippen LogP contribution in [0.25, 0.3) is 5.00 Å². The number of rotatable bonds is 5. The molecule has 4 nitrogen and oxygen atoms in total. The van der Waals surface area contributed by atoms with Gasteiger partial charge in [-0.3, -0.25) is 0 Å². The molecule has 24 heavy (non-hydrogen) atoms. The van der Waals surface area contributed by atoms with Crippen LogP contribution in [0.2, 0.25) is 0 Å². The lowest BCUT2D eigenvalue weighted by Gasteiger charge is -2.24. The number of aromatic nitrogens is 1. The Hall–Kier alpha value is -2.37. The van der Waals surface area contributed by atoms with E-state index in [0.717, 1.165) is 27.2 Å². The van der Waals surface area contributed by atoms with Crippen LogP contribution >= 0.6 is 11.3 Å². The van der Waals surface area contributed by atoms with Crippen molar-refractivity contribution >= 4 is 17.0 Å². The van der Waals surface area contributed by atoms with Crippen LogP contribution in [0.4, 0.5) is 0 Å². The van der Waals surface area contributed by atoms with Gasteiger partial charge in [-0.1, -0.05) is 35.5 Å². The molecule has 0 unspecified atom stereocenters. The summed E-state index contributed by atoms with van der Waals surface area (Å²) in [5.74, 6) is 0. The number of hydrogen-bond acceptors (Lipinski definition) is 3. The molecule has 0 fully saturated rings.